The third kappa shape index (κ3) is 5.77. The number of rotatable bonds is 11. The number of methoxy groups -OCH3 is 1. The summed E-state index contributed by atoms with van der Waals surface area (Å²) < 4.78 is 17.3. The first kappa shape index (κ1) is 25.3. The molecule has 2 aromatic carbocycles. The van der Waals surface area contributed by atoms with E-state index in [0.29, 0.717) is 17.9 Å². The standard InChI is InChI=1S/C29H35NO4/c1-6-12-26(34-23-16-11-15-22(17-23)29(31)32-5)24-19-30-25(18-27(24)33-9-4)28-20(7-2)13-10-14-21(28)8-3/h10-11,13-19,26H,6-9,12H2,1-5H3. The van der Waals surface area contributed by atoms with Crippen molar-refractivity contribution in [2.45, 2.75) is 59.5 Å². The highest BCUT2D eigenvalue weighted by Gasteiger charge is 2.21. The monoisotopic (exact) mass is 461 g/mol. The number of carbonyl (C=O) groups is 1. The summed E-state index contributed by atoms with van der Waals surface area (Å²) in [5.74, 6) is 1.00. The Morgan fingerprint density at radius 1 is 0.971 bits per heavy atom. The van der Waals surface area contributed by atoms with Crippen LogP contribution in [0.3, 0.4) is 0 Å². The summed E-state index contributed by atoms with van der Waals surface area (Å²) >= 11 is 0. The molecular formula is C29H35NO4. The first-order chi connectivity index (χ1) is 16.6. The number of aromatic nitrogens is 1. The molecule has 5 nitrogen and oxygen atoms in total. The van der Waals surface area contributed by atoms with Gasteiger partial charge in [-0.25, -0.2) is 4.79 Å². The Kier molecular flexibility index (Phi) is 9.08. The summed E-state index contributed by atoms with van der Waals surface area (Å²) in [6.45, 7) is 8.99. The smallest absolute Gasteiger partial charge is 0.337 e. The fourth-order valence-electron chi connectivity index (χ4n) is 4.20. The molecule has 34 heavy (non-hydrogen) atoms. The average Bonchev–Trinajstić information content (AvgIpc) is 2.87. The molecule has 0 aliphatic heterocycles. The van der Waals surface area contributed by atoms with E-state index in [1.807, 2.05) is 25.3 Å². The third-order valence-electron chi connectivity index (χ3n) is 5.88. The lowest BCUT2D eigenvalue weighted by Crippen LogP contribution is -2.11. The van der Waals surface area contributed by atoms with Crippen molar-refractivity contribution < 1.29 is 19.0 Å². The van der Waals surface area contributed by atoms with Crippen LogP contribution in [0.15, 0.2) is 54.7 Å². The van der Waals surface area contributed by atoms with Gasteiger partial charge in [-0.2, -0.15) is 0 Å². The SMILES string of the molecule is CCCC(Oc1cccc(C(=O)OC)c1)c1cnc(-c2c(CC)cccc2CC)cc1OCC. The van der Waals surface area contributed by atoms with Crippen molar-refractivity contribution in [3.05, 3.63) is 77.0 Å². The number of hydrogen-bond donors (Lipinski definition) is 0. The van der Waals surface area contributed by atoms with Gasteiger partial charge in [0, 0.05) is 17.8 Å². The fourth-order valence-corrected chi connectivity index (χ4v) is 4.20. The number of hydrogen-bond acceptors (Lipinski definition) is 5. The topological polar surface area (TPSA) is 57.7 Å². The summed E-state index contributed by atoms with van der Waals surface area (Å²) in [4.78, 5) is 16.8. The zero-order chi connectivity index (χ0) is 24.5. The first-order valence-electron chi connectivity index (χ1n) is 12.1. The quantitative estimate of drug-likeness (QED) is 0.288. The fraction of sp³-hybridized carbons (Fsp3) is 0.379. The zero-order valence-electron chi connectivity index (χ0n) is 20.9. The van der Waals surface area contributed by atoms with Crippen molar-refractivity contribution in [2.24, 2.45) is 0 Å². The normalized spacial score (nSPS) is 11.7. The van der Waals surface area contributed by atoms with E-state index in [0.717, 1.165) is 42.7 Å². The van der Waals surface area contributed by atoms with Crippen molar-refractivity contribution in [1.82, 2.24) is 4.98 Å². The summed E-state index contributed by atoms with van der Waals surface area (Å²) in [5.41, 5.74) is 6.04. The van der Waals surface area contributed by atoms with E-state index >= 15 is 0 Å². The van der Waals surface area contributed by atoms with Crippen molar-refractivity contribution in [2.75, 3.05) is 13.7 Å². The maximum absolute atomic E-state index is 12.0. The number of carbonyl (C=O) groups excluding carboxylic acids is 1. The Bertz CT molecular complexity index is 1090. The van der Waals surface area contributed by atoms with E-state index in [-0.39, 0.29) is 12.1 Å². The third-order valence-corrected chi connectivity index (χ3v) is 5.88. The van der Waals surface area contributed by atoms with Crippen LogP contribution in [0.4, 0.5) is 0 Å². The number of nitrogens with zero attached hydrogens (tertiary/aromatic N) is 1. The second-order valence-electron chi connectivity index (χ2n) is 8.11. The van der Waals surface area contributed by atoms with Gasteiger partial charge in [-0.05, 0) is 55.5 Å². The summed E-state index contributed by atoms with van der Waals surface area (Å²) in [6, 6.07) is 15.6. The van der Waals surface area contributed by atoms with Gasteiger partial charge in [0.15, 0.2) is 0 Å². The second kappa shape index (κ2) is 12.2. The molecule has 0 radical (unpaired) electrons. The number of esters is 1. The lowest BCUT2D eigenvalue weighted by Gasteiger charge is -2.23. The molecule has 1 atom stereocenters. The number of aryl methyl sites for hydroxylation is 2. The Morgan fingerprint density at radius 2 is 1.68 bits per heavy atom. The maximum atomic E-state index is 12.0. The zero-order valence-corrected chi connectivity index (χ0v) is 20.9. The molecule has 3 aromatic rings. The molecule has 3 rings (SSSR count). The highest BCUT2D eigenvalue weighted by atomic mass is 16.5. The van der Waals surface area contributed by atoms with Gasteiger partial charge in [0.25, 0.3) is 0 Å². The van der Waals surface area contributed by atoms with E-state index in [2.05, 4.69) is 39.0 Å². The highest BCUT2D eigenvalue weighted by Crippen LogP contribution is 2.36. The van der Waals surface area contributed by atoms with Crippen LogP contribution >= 0.6 is 0 Å². The minimum atomic E-state index is -0.389. The summed E-state index contributed by atoms with van der Waals surface area (Å²) in [7, 11) is 1.37. The molecule has 1 unspecified atom stereocenters. The van der Waals surface area contributed by atoms with Crippen LogP contribution in [-0.2, 0) is 17.6 Å². The summed E-state index contributed by atoms with van der Waals surface area (Å²) in [5, 5.41) is 0. The van der Waals surface area contributed by atoms with Crippen molar-refractivity contribution in [3.8, 4) is 22.8 Å². The Morgan fingerprint density at radius 3 is 2.29 bits per heavy atom. The Balaban J connectivity index is 2.03. The van der Waals surface area contributed by atoms with Gasteiger partial charge in [-0.1, -0.05) is 51.5 Å². The molecule has 0 aliphatic rings. The predicted molar refractivity (Wildman–Crippen MR) is 136 cm³/mol. The average molecular weight is 462 g/mol. The van der Waals surface area contributed by atoms with E-state index in [9.17, 15) is 4.79 Å². The molecule has 1 aromatic heterocycles. The second-order valence-corrected chi connectivity index (χ2v) is 8.11. The van der Waals surface area contributed by atoms with Crippen LogP contribution in [0, 0.1) is 0 Å². The van der Waals surface area contributed by atoms with E-state index in [4.69, 9.17) is 19.2 Å². The molecule has 5 heteroatoms. The van der Waals surface area contributed by atoms with Gasteiger partial charge in [0.2, 0.25) is 0 Å². The lowest BCUT2D eigenvalue weighted by atomic mass is 9.94. The number of pyridine rings is 1. The Hall–Kier alpha value is -3.34. The minimum absolute atomic E-state index is 0.256. The minimum Gasteiger partial charge on any atom is -0.493 e. The molecule has 0 saturated heterocycles. The molecule has 180 valence electrons. The van der Waals surface area contributed by atoms with Gasteiger partial charge in [-0.15, -0.1) is 0 Å². The highest BCUT2D eigenvalue weighted by molar-refractivity contribution is 5.89. The number of benzene rings is 2. The number of ether oxygens (including phenoxy) is 3. The lowest BCUT2D eigenvalue weighted by molar-refractivity contribution is 0.0599. The van der Waals surface area contributed by atoms with Crippen LogP contribution in [0.25, 0.3) is 11.3 Å². The van der Waals surface area contributed by atoms with E-state index < -0.39 is 0 Å². The molecule has 0 amide bonds. The Labute approximate surface area is 203 Å². The van der Waals surface area contributed by atoms with Crippen LogP contribution in [0.1, 0.15) is 73.7 Å². The molecule has 0 fully saturated rings. The predicted octanol–water partition coefficient (Wildman–Crippen LogP) is 6.98. The molecule has 0 aliphatic carbocycles. The maximum Gasteiger partial charge on any atom is 0.337 e. The molecule has 0 bridgehead atoms. The molecule has 0 saturated carbocycles. The molecule has 0 spiro atoms. The van der Waals surface area contributed by atoms with Crippen LogP contribution < -0.4 is 9.47 Å². The largest absolute Gasteiger partial charge is 0.493 e. The van der Waals surface area contributed by atoms with E-state index in [1.165, 1.54) is 23.8 Å². The van der Waals surface area contributed by atoms with Crippen molar-refractivity contribution in [3.63, 3.8) is 0 Å². The van der Waals surface area contributed by atoms with Gasteiger partial charge in [0.1, 0.15) is 17.6 Å². The van der Waals surface area contributed by atoms with Gasteiger partial charge in [0.05, 0.1) is 30.5 Å². The molecule has 0 N–H and O–H groups in total. The molecular weight excluding hydrogens is 426 g/mol. The van der Waals surface area contributed by atoms with Crippen LogP contribution in [0.2, 0.25) is 0 Å². The van der Waals surface area contributed by atoms with Crippen molar-refractivity contribution >= 4 is 5.97 Å². The van der Waals surface area contributed by atoms with E-state index in [1.54, 1.807) is 18.2 Å². The summed E-state index contributed by atoms with van der Waals surface area (Å²) in [6.07, 6.45) is 5.22. The first-order valence-corrected chi connectivity index (χ1v) is 12.1. The van der Waals surface area contributed by atoms with Gasteiger partial charge in [-0.3, -0.25) is 4.98 Å². The van der Waals surface area contributed by atoms with Crippen molar-refractivity contribution in [1.29, 1.82) is 0 Å². The van der Waals surface area contributed by atoms with Crippen LogP contribution in [-0.4, -0.2) is 24.7 Å². The van der Waals surface area contributed by atoms with Crippen LogP contribution in [0.5, 0.6) is 11.5 Å². The molecule has 1 heterocycles. The van der Waals surface area contributed by atoms with Gasteiger partial charge >= 0.3 is 5.97 Å². The van der Waals surface area contributed by atoms with Gasteiger partial charge < -0.3 is 14.2 Å².